The molecule has 0 aromatic rings. The van der Waals surface area contributed by atoms with Gasteiger partial charge in [-0.3, -0.25) is 0 Å². The van der Waals surface area contributed by atoms with E-state index in [0.717, 1.165) is 11.8 Å². The summed E-state index contributed by atoms with van der Waals surface area (Å²) >= 11 is 0. The number of unbranched alkanes of at least 4 members (excludes halogenated alkanes) is 1. The minimum atomic E-state index is 0.981. The largest absolute Gasteiger partial charge is 0.316 e. The minimum absolute atomic E-state index is 0.981. The zero-order valence-electron chi connectivity index (χ0n) is 10.7. The summed E-state index contributed by atoms with van der Waals surface area (Å²) in [6.45, 7) is 7.03. The highest BCUT2D eigenvalue weighted by molar-refractivity contribution is 4.73. The van der Waals surface area contributed by atoms with E-state index < -0.39 is 0 Å². The van der Waals surface area contributed by atoms with Gasteiger partial charge in [0.15, 0.2) is 0 Å². The molecule has 1 aliphatic carbocycles. The van der Waals surface area contributed by atoms with Crippen LogP contribution in [0.5, 0.6) is 0 Å². The van der Waals surface area contributed by atoms with Crippen LogP contribution in [-0.2, 0) is 0 Å². The Morgan fingerprint density at radius 2 is 1.60 bits per heavy atom. The van der Waals surface area contributed by atoms with Gasteiger partial charge < -0.3 is 5.32 Å². The molecule has 0 spiro atoms. The molecule has 0 radical (unpaired) electrons. The topological polar surface area (TPSA) is 12.0 Å². The molecule has 0 aromatic heterocycles. The normalized spacial score (nSPS) is 26.8. The summed E-state index contributed by atoms with van der Waals surface area (Å²) in [6.07, 6.45) is 11.5. The van der Waals surface area contributed by atoms with Gasteiger partial charge in [-0.1, -0.05) is 46.0 Å². The Labute approximate surface area is 96.0 Å². The van der Waals surface area contributed by atoms with Crippen molar-refractivity contribution in [1.82, 2.24) is 5.32 Å². The maximum Gasteiger partial charge on any atom is -0.00205 e. The van der Waals surface area contributed by atoms with Crippen LogP contribution in [0.2, 0.25) is 0 Å². The Balaban J connectivity index is 2.02. The van der Waals surface area contributed by atoms with Crippen LogP contribution in [0.15, 0.2) is 0 Å². The van der Waals surface area contributed by atoms with Crippen LogP contribution >= 0.6 is 0 Å². The second kappa shape index (κ2) is 8.15. The molecule has 0 saturated heterocycles. The van der Waals surface area contributed by atoms with Crippen molar-refractivity contribution in [2.24, 2.45) is 11.8 Å². The summed E-state index contributed by atoms with van der Waals surface area (Å²) in [5, 5.41) is 3.56. The lowest BCUT2D eigenvalue weighted by molar-refractivity contribution is 0.254. The molecule has 1 N–H and O–H groups in total. The third-order valence-corrected chi connectivity index (χ3v) is 3.79. The SMILES string of the molecule is CCCCC1CCC(CNCCC)CC1. The maximum atomic E-state index is 3.56. The Bertz CT molecular complexity index is 136. The highest BCUT2D eigenvalue weighted by Crippen LogP contribution is 2.31. The lowest BCUT2D eigenvalue weighted by Crippen LogP contribution is -2.27. The van der Waals surface area contributed by atoms with Gasteiger partial charge in [-0.15, -0.1) is 0 Å². The summed E-state index contributed by atoms with van der Waals surface area (Å²) in [4.78, 5) is 0. The number of hydrogen-bond donors (Lipinski definition) is 1. The van der Waals surface area contributed by atoms with Crippen molar-refractivity contribution in [2.45, 2.75) is 65.2 Å². The van der Waals surface area contributed by atoms with E-state index >= 15 is 0 Å². The number of hydrogen-bond acceptors (Lipinski definition) is 1. The van der Waals surface area contributed by atoms with Gasteiger partial charge in [-0.25, -0.2) is 0 Å². The van der Waals surface area contributed by atoms with E-state index in [9.17, 15) is 0 Å². The molecule has 1 nitrogen and oxygen atoms in total. The highest BCUT2D eigenvalue weighted by Gasteiger charge is 2.19. The van der Waals surface area contributed by atoms with Crippen molar-refractivity contribution in [1.29, 1.82) is 0 Å². The van der Waals surface area contributed by atoms with Crippen molar-refractivity contribution in [3.63, 3.8) is 0 Å². The molecule has 0 bridgehead atoms. The van der Waals surface area contributed by atoms with Crippen LogP contribution in [0.1, 0.15) is 65.2 Å². The second-order valence-corrected chi connectivity index (χ2v) is 5.23. The van der Waals surface area contributed by atoms with E-state index in [-0.39, 0.29) is 0 Å². The monoisotopic (exact) mass is 211 g/mol. The fraction of sp³-hybridized carbons (Fsp3) is 1.00. The van der Waals surface area contributed by atoms with Crippen molar-refractivity contribution in [3.8, 4) is 0 Å². The van der Waals surface area contributed by atoms with E-state index in [1.54, 1.807) is 0 Å². The summed E-state index contributed by atoms with van der Waals surface area (Å²) in [5.41, 5.74) is 0. The van der Waals surface area contributed by atoms with Crippen molar-refractivity contribution >= 4 is 0 Å². The van der Waals surface area contributed by atoms with E-state index in [2.05, 4.69) is 19.2 Å². The van der Waals surface area contributed by atoms with Gasteiger partial charge in [-0.05, 0) is 44.2 Å². The van der Waals surface area contributed by atoms with Crippen LogP contribution in [0.25, 0.3) is 0 Å². The molecular formula is C14H29N. The van der Waals surface area contributed by atoms with Gasteiger partial charge in [0.05, 0.1) is 0 Å². The van der Waals surface area contributed by atoms with Crippen molar-refractivity contribution in [2.75, 3.05) is 13.1 Å². The first-order chi connectivity index (χ1) is 7.36. The molecule has 0 heterocycles. The molecule has 1 fully saturated rings. The van der Waals surface area contributed by atoms with Gasteiger partial charge in [0.25, 0.3) is 0 Å². The van der Waals surface area contributed by atoms with E-state index in [1.807, 2.05) is 0 Å². The molecule has 1 aliphatic rings. The Kier molecular flexibility index (Phi) is 7.08. The van der Waals surface area contributed by atoms with Crippen molar-refractivity contribution < 1.29 is 0 Å². The molecular weight excluding hydrogens is 182 g/mol. The predicted octanol–water partition coefficient (Wildman–Crippen LogP) is 3.98. The molecule has 0 aliphatic heterocycles. The Morgan fingerprint density at radius 1 is 0.933 bits per heavy atom. The van der Waals surface area contributed by atoms with Crippen LogP contribution in [-0.4, -0.2) is 13.1 Å². The van der Waals surface area contributed by atoms with Crippen molar-refractivity contribution in [3.05, 3.63) is 0 Å². The van der Waals surface area contributed by atoms with Crippen LogP contribution < -0.4 is 5.32 Å². The molecule has 15 heavy (non-hydrogen) atoms. The first-order valence-corrected chi connectivity index (χ1v) is 7.07. The predicted molar refractivity (Wildman–Crippen MR) is 68.1 cm³/mol. The summed E-state index contributed by atoms with van der Waals surface area (Å²) in [6, 6.07) is 0. The molecule has 0 unspecified atom stereocenters. The number of nitrogens with one attached hydrogen (secondary N) is 1. The molecule has 1 saturated carbocycles. The fourth-order valence-corrected chi connectivity index (χ4v) is 2.70. The first-order valence-electron chi connectivity index (χ1n) is 7.07. The lowest BCUT2D eigenvalue weighted by Gasteiger charge is -2.28. The summed E-state index contributed by atoms with van der Waals surface area (Å²) in [7, 11) is 0. The van der Waals surface area contributed by atoms with Gasteiger partial charge in [0, 0.05) is 0 Å². The average molecular weight is 211 g/mol. The Morgan fingerprint density at radius 3 is 2.20 bits per heavy atom. The zero-order chi connectivity index (χ0) is 10.9. The van der Waals surface area contributed by atoms with Crippen LogP contribution in [0.4, 0.5) is 0 Å². The van der Waals surface area contributed by atoms with Crippen LogP contribution in [0, 0.1) is 11.8 Å². The van der Waals surface area contributed by atoms with E-state index in [4.69, 9.17) is 0 Å². The zero-order valence-corrected chi connectivity index (χ0v) is 10.7. The minimum Gasteiger partial charge on any atom is -0.316 e. The van der Waals surface area contributed by atoms with Gasteiger partial charge in [0.2, 0.25) is 0 Å². The smallest absolute Gasteiger partial charge is 0.00205 e. The average Bonchev–Trinajstić information content (AvgIpc) is 2.28. The fourth-order valence-electron chi connectivity index (χ4n) is 2.70. The van der Waals surface area contributed by atoms with Gasteiger partial charge in [-0.2, -0.15) is 0 Å². The molecule has 0 amide bonds. The first kappa shape index (κ1) is 13.0. The summed E-state index contributed by atoms with van der Waals surface area (Å²) in [5.74, 6) is 2.04. The van der Waals surface area contributed by atoms with Gasteiger partial charge in [0.1, 0.15) is 0 Å². The maximum absolute atomic E-state index is 3.56. The van der Waals surface area contributed by atoms with Gasteiger partial charge >= 0.3 is 0 Å². The summed E-state index contributed by atoms with van der Waals surface area (Å²) < 4.78 is 0. The quantitative estimate of drug-likeness (QED) is 0.628. The third-order valence-electron chi connectivity index (χ3n) is 3.79. The standard InChI is InChI=1S/C14H29N/c1-3-5-6-13-7-9-14(10-8-13)12-15-11-4-2/h13-15H,3-12H2,1-2H3. The highest BCUT2D eigenvalue weighted by atomic mass is 14.8. The molecule has 1 heteroatoms. The lowest BCUT2D eigenvalue weighted by atomic mass is 9.80. The van der Waals surface area contributed by atoms with E-state index in [0.29, 0.717) is 0 Å². The van der Waals surface area contributed by atoms with Crippen LogP contribution in [0.3, 0.4) is 0 Å². The molecule has 1 rings (SSSR count). The second-order valence-electron chi connectivity index (χ2n) is 5.23. The Hall–Kier alpha value is -0.0400. The molecule has 0 atom stereocenters. The third kappa shape index (κ3) is 5.55. The van der Waals surface area contributed by atoms with E-state index in [1.165, 1.54) is 64.5 Å². The molecule has 90 valence electrons. The molecule has 0 aromatic carbocycles. The number of rotatable bonds is 7.